The summed E-state index contributed by atoms with van der Waals surface area (Å²) in [4.78, 5) is 25.5. The Morgan fingerprint density at radius 3 is 1.18 bits per heavy atom. The minimum absolute atomic E-state index is 0.00458. The highest BCUT2D eigenvalue weighted by molar-refractivity contribution is 7.45. The Bertz CT molecular complexity index is 1540. The van der Waals surface area contributed by atoms with Crippen molar-refractivity contribution in [2.45, 2.75) is 244 Å². The van der Waals surface area contributed by atoms with E-state index in [1.807, 2.05) is 21.1 Å². The maximum absolute atomic E-state index is 13.0. The Morgan fingerprint density at radius 2 is 0.833 bits per heavy atom. The number of likely N-dealkylation sites (N-methyl/N-ethyl adjacent to an activating group) is 1. The van der Waals surface area contributed by atoms with E-state index in [-0.39, 0.29) is 25.5 Å². The molecule has 414 valence electrons. The summed E-state index contributed by atoms with van der Waals surface area (Å²) in [5.41, 5.74) is 0. The van der Waals surface area contributed by atoms with Gasteiger partial charge in [0.05, 0.1) is 39.9 Å². The van der Waals surface area contributed by atoms with Crippen molar-refractivity contribution in [3.05, 3.63) is 109 Å². The van der Waals surface area contributed by atoms with Crippen LogP contribution in [0, 0.1) is 0 Å². The monoisotopic (exact) mass is 1020 g/mol. The lowest BCUT2D eigenvalue weighted by molar-refractivity contribution is -0.870. The van der Waals surface area contributed by atoms with Crippen LogP contribution in [0.15, 0.2) is 109 Å². The summed E-state index contributed by atoms with van der Waals surface area (Å²) in [6, 6.07) is -0.841. The van der Waals surface area contributed by atoms with Gasteiger partial charge in [-0.05, 0) is 77.0 Å². The number of quaternary nitrogens is 1. The number of unbranched alkanes of at least 4 members (excludes halogenated alkanes) is 21. The van der Waals surface area contributed by atoms with Crippen LogP contribution in [0.25, 0.3) is 0 Å². The minimum Gasteiger partial charge on any atom is -0.756 e. The van der Waals surface area contributed by atoms with E-state index in [0.717, 1.165) is 83.5 Å². The minimum atomic E-state index is -4.60. The van der Waals surface area contributed by atoms with Crippen molar-refractivity contribution in [1.82, 2.24) is 5.32 Å². The molecule has 0 saturated heterocycles. The van der Waals surface area contributed by atoms with Gasteiger partial charge in [-0.25, -0.2) is 0 Å². The first-order valence-corrected chi connectivity index (χ1v) is 30.7. The highest BCUT2D eigenvalue weighted by Crippen LogP contribution is 2.38. The molecule has 0 saturated carbocycles. The third-order valence-electron chi connectivity index (χ3n) is 12.5. The molecule has 3 unspecified atom stereocenters. The van der Waals surface area contributed by atoms with Gasteiger partial charge in [0.2, 0.25) is 5.91 Å². The molecule has 0 aliphatic rings. The first-order chi connectivity index (χ1) is 35.0. The first-order valence-electron chi connectivity index (χ1n) is 29.2. The summed E-state index contributed by atoms with van der Waals surface area (Å²) in [7, 11) is 1.25. The van der Waals surface area contributed by atoms with Crippen molar-refractivity contribution in [3.8, 4) is 0 Å². The van der Waals surface area contributed by atoms with Crippen LogP contribution in [0.5, 0.6) is 0 Å². The highest BCUT2D eigenvalue weighted by atomic mass is 31.2. The van der Waals surface area contributed by atoms with Gasteiger partial charge in [-0.3, -0.25) is 9.36 Å². The molecule has 0 radical (unpaired) electrons. The predicted molar refractivity (Wildman–Crippen MR) is 311 cm³/mol. The van der Waals surface area contributed by atoms with Gasteiger partial charge in [0.15, 0.2) is 0 Å². The maximum atomic E-state index is 13.0. The molecule has 0 fully saturated rings. The van der Waals surface area contributed by atoms with Gasteiger partial charge in [-0.15, -0.1) is 0 Å². The number of rotatable bonds is 52. The van der Waals surface area contributed by atoms with E-state index in [1.165, 1.54) is 116 Å². The number of amides is 1. The largest absolute Gasteiger partial charge is 0.756 e. The topological polar surface area (TPSA) is 108 Å². The Balaban J connectivity index is 4.33. The molecule has 2 N–H and O–H groups in total. The number of phosphoric ester groups is 1. The second-order valence-corrected chi connectivity index (χ2v) is 22.0. The standard InChI is InChI=1S/C63H111N2O6P/c1-6-8-10-12-14-16-18-20-22-24-26-28-29-30-31-32-33-34-35-37-39-41-43-45-47-49-51-53-55-57-63(67)64-61(60-71-72(68,69)70-59-58-65(3,4)5)62(66)56-54-52-50-48-46-44-42-40-38-36-27-25-23-21-19-17-15-13-11-9-7-2/h8,10,14,16,20,22,26,28,30-31,33-34,37,39,43,45,49,51,61-62,66H,6-7,9,11-13,15,17-19,21,23-25,27,29,32,35-36,38,40-42,44,46-48,50,52-60H2,1-5H3,(H-,64,67,68,69)/b10-8-,16-14-,22-20-,28-26-,31-30-,34-33-,39-37-,45-43-,51-49-. The third kappa shape index (κ3) is 54.9. The lowest BCUT2D eigenvalue weighted by atomic mass is 10.0. The Morgan fingerprint density at radius 1 is 0.500 bits per heavy atom. The second kappa shape index (κ2) is 53.0. The Labute approximate surface area is 444 Å². The number of hydrogen-bond acceptors (Lipinski definition) is 6. The fourth-order valence-corrected chi connectivity index (χ4v) is 8.71. The zero-order valence-electron chi connectivity index (χ0n) is 47.1. The number of carbonyl (C=O) groups excluding carboxylic acids is 1. The molecule has 0 bridgehead atoms. The quantitative estimate of drug-likeness (QED) is 0.0272. The van der Waals surface area contributed by atoms with Gasteiger partial charge in [-0.2, -0.15) is 0 Å². The average Bonchev–Trinajstić information content (AvgIpc) is 3.34. The molecule has 9 heteroatoms. The molecule has 1 amide bonds. The van der Waals surface area contributed by atoms with E-state index in [2.05, 4.69) is 129 Å². The van der Waals surface area contributed by atoms with Crippen LogP contribution in [0.2, 0.25) is 0 Å². The van der Waals surface area contributed by atoms with E-state index in [0.29, 0.717) is 23.9 Å². The number of nitrogens with one attached hydrogen (secondary N) is 1. The highest BCUT2D eigenvalue weighted by Gasteiger charge is 2.24. The molecular formula is C63H111N2O6P. The fraction of sp³-hybridized carbons (Fsp3) is 0.698. The van der Waals surface area contributed by atoms with Gasteiger partial charge in [0.1, 0.15) is 13.2 Å². The molecule has 0 rings (SSSR count). The van der Waals surface area contributed by atoms with Gasteiger partial charge in [0, 0.05) is 6.42 Å². The van der Waals surface area contributed by atoms with Crippen LogP contribution in [-0.2, 0) is 18.4 Å². The van der Waals surface area contributed by atoms with Crippen LogP contribution in [-0.4, -0.2) is 68.5 Å². The molecule has 0 aliphatic carbocycles. The molecule has 3 atom stereocenters. The Hall–Kier alpha value is -2.84. The first kappa shape index (κ1) is 69.2. The summed E-state index contributed by atoms with van der Waals surface area (Å²) in [6.45, 7) is 4.57. The normalized spacial score (nSPS) is 14.7. The van der Waals surface area contributed by atoms with Gasteiger partial charge in [-0.1, -0.05) is 258 Å². The summed E-state index contributed by atoms with van der Waals surface area (Å²) in [5.74, 6) is -0.225. The van der Waals surface area contributed by atoms with Gasteiger partial charge < -0.3 is 28.8 Å². The summed E-state index contributed by atoms with van der Waals surface area (Å²) in [6.07, 6.45) is 77.0. The van der Waals surface area contributed by atoms with Crippen LogP contribution in [0.1, 0.15) is 232 Å². The fourth-order valence-electron chi connectivity index (χ4n) is 7.98. The number of carbonyl (C=O) groups is 1. The van der Waals surface area contributed by atoms with Gasteiger partial charge >= 0.3 is 0 Å². The molecule has 0 spiro atoms. The smallest absolute Gasteiger partial charge is 0.268 e. The van der Waals surface area contributed by atoms with E-state index in [9.17, 15) is 19.4 Å². The molecule has 0 aromatic rings. The molecule has 8 nitrogen and oxygen atoms in total. The van der Waals surface area contributed by atoms with E-state index < -0.39 is 20.0 Å². The lowest BCUT2D eigenvalue weighted by Crippen LogP contribution is -2.46. The average molecular weight is 1020 g/mol. The van der Waals surface area contributed by atoms with Crippen LogP contribution in [0.4, 0.5) is 0 Å². The third-order valence-corrected chi connectivity index (χ3v) is 13.5. The summed E-state index contributed by atoms with van der Waals surface area (Å²) in [5, 5.41) is 14.0. The zero-order chi connectivity index (χ0) is 52.7. The van der Waals surface area contributed by atoms with Crippen molar-refractivity contribution < 1.29 is 32.9 Å². The van der Waals surface area contributed by atoms with Crippen LogP contribution < -0.4 is 10.2 Å². The second-order valence-electron chi connectivity index (χ2n) is 20.6. The van der Waals surface area contributed by atoms with E-state index in [1.54, 1.807) is 0 Å². The number of aliphatic hydroxyl groups is 1. The van der Waals surface area contributed by atoms with Crippen LogP contribution in [0.3, 0.4) is 0 Å². The molecule has 0 aromatic heterocycles. The summed E-state index contributed by atoms with van der Waals surface area (Å²) >= 11 is 0. The van der Waals surface area contributed by atoms with Crippen molar-refractivity contribution in [1.29, 1.82) is 0 Å². The molecule has 0 aliphatic heterocycles. The number of aliphatic hydroxyl groups excluding tert-OH is 1. The number of hydrogen-bond donors (Lipinski definition) is 2. The van der Waals surface area contributed by atoms with Crippen molar-refractivity contribution in [3.63, 3.8) is 0 Å². The zero-order valence-corrected chi connectivity index (χ0v) is 48.0. The molecule has 0 heterocycles. The van der Waals surface area contributed by atoms with Crippen molar-refractivity contribution >= 4 is 13.7 Å². The molecule has 72 heavy (non-hydrogen) atoms. The van der Waals surface area contributed by atoms with Crippen molar-refractivity contribution in [2.24, 2.45) is 0 Å². The number of allylic oxidation sites excluding steroid dienone is 18. The Kier molecular flexibility index (Phi) is 50.9. The van der Waals surface area contributed by atoms with E-state index in [4.69, 9.17) is 9.05 Å². The molecule has 0 aromatic carbocycles. The van der Waals surface area contributed by atoms with Crippen molar-refractivity contribution in [2.75, 3.05) is 40.9 Å². The lowest BCUT2D eigenvalue weighted by Gasteiger charge is -2.30. The van der Waals surface area contributed by atoms with Crippen LogP contribution >= 0.6 is 7.82 Å². The van der Waals surface area contributed by atoms with Gasteiger partial charge in [0.25, 0.3) is 7.82 Å². The molecular weight excluding hydrogens is 912 g/mol. The van der Waals surface area contributed by atoms with E-state index >= 15 is 0 Å². The predicted octanol–water partition coefficient (Wildman–Crippen LogP) is 17.3. The number of nitrogens with zero attached hydrogens (tertiary/aromatic N) is 1. The number of phosphoric acid groups is 1. The maximum Gasteiger partial charge on any atom is 0.268 e. The SMILES string of the molecule is CC/C=C\C/C=C\C/C=C\C/C=C\C/C=C\C/C=C\C/C=C\C/C=C\C/C=C\CCCC(=O)NC(COP(=O)([O-])OCC[N+](C)(C)C)C(O)CCCCCCCCCCCCCCCCCCCCCCC. The summed E-state index contributed by atoms with van der Waals surface area (Å²) < 4.78 is 23.4.